The number of para-hydroxylation sites is 1. The van der Waals surface area contributed by atoms with Crippen LogP contribution in [0.2, 0.25) is 0 Å². The second-order valence-electron chi connectivity index (χ2n) is 6.92. The Labute approximate surface area is 160 Å². The molecule has 0 spiro atoms. The molecule has 138 valence electrons. The van der Waals surface area contributed by atoms with Gasteiger partial charge in [0.15, 0.2) is 0 Å². The molecule has 0 unspecified atom stereocenters. The number of aromatic nitrogens is 2. The lowest BCUT2D eigenvalue weighted by Gasteiger charge is -2.20. The molecule has 0 saturated carbocycles. The topological polar surface area (TPSA) is 44.3 Å². The number of hydrogen-bond acceptors (Lipinski definition) is 5. The number of nitrogens with one attached hydrogen (secondary N) is 1. The largest absolute Gasteiger partial charge is 0.372 e. The highest BCUT2D eigenvalue weighted by atomic mass is 15.2. The van der Waals surface area contributed by atoms with Crippen LogP contribution < -0.4 is 15.1 Å². The minimum atomic E-state index is 0.742. The normalized spacial score (nSPS) is 13.6. The first-order valence-electron chi connectivity index (χ1n) is 9.45. The highest BCUT2D eigenvalue weighted by Gasteiger charge is 2.12. The summed E-state index contributed by atoms with van der Waals surface area (Å²) in [6, 6.07) is 20.8. The molecule has 1 saturated heterocycles. The Balaban J connectivity index is 1.53. The Kier molecular flexibility index (Phi) is 4.92. The molecule has 0 atom stereocenters. The van der Waals surface area contributed by atoms with E-state index in [1.165, 1.54) is 18.5 Å². The summed E-state index contributed by atoms with van der Waals surface area (Å²) in [5.74, 6) is 2.41. The second kappa shape index (κ2) is 7.66. The van der Waals surface area contributed by atoms with Crippen LogP contribution in [-0.2, 0) is 0 Å². The van der Waals surface area contributed by atoms with Crippen molar-refractivity contribution in [3.8, 4) is 0 Å². The molecule has 1 fully saturated rings. The van der Waals surface area contributed by atoms with Gasteiger partial charge in [0.25, 0.3) is 0 Å². The number of aryl methyl sites for hydroxylation is 1. The van der Waals surface area contributed by atoms with Gasteiger partial charge in [0.05, 0.1) is 0 Å². The van der Waals surface area contributed by atoms with Gasteiger partial charge in [0.1, 0.15) is 17.5 Å². The smallest absolute Gasteiger partial charge is 0.138 e. The molecule has 5 nitrogen and oxygen atoms in total. The van der Waals surface area contributed by atoms with E-state index >= 15 is 0 Å². The van der Waals surface area contributed by atoms with Crippen molar-refractivity contribution in [3.05, 3.63) is 66.5 Å². The van der Waals surface area contributed by atoms with Crippen LogP contribution in [0.1, 0.15) is 18.7 Å². The van der Waals surface area contributed by atoms with Gasteiger partial charge in [-0.25, -0.2) is 9.97 Å². The van der Waals surface area contributed by atoms with Crippen LogP contribution in [0.15, 0.2) is 60.7 Å². The maximum Gasteiger partial charge on any atom is 0.138 e. The third-order valence-electron chi connectivity index (χ3n) is 4.92. The molecule has 0 amide bonds. The van der Waals surface area contributed by atoms with Crippen LogP contribution in [0.25, 0.3) is 0 Å². The van der Waals surface area contributed by atoms with Crippen LogP contribution >= 0.6 is 0 Å². The number of benzene rings is 2. The van der Waals surface area contributed by atoms with Gasteiger partial charge >= 0.3 is 0 Å². The summed E-state index contributed by atoms with van der Waals surface area (Å²) in [6.07, 6.45) is 2.58. The van der Waals surface area contributed by atoms with Gasteiger partial charge in [-0.05, 0) is 56.2 Å². The molecular weight excluding hydrogens is 334 g/mol. The predicted molar refractivity (Wildman–Crippen MR) is 112 cm³/mol. The Morgan fingerprint density at radius 3 is 2.33 bits per heavy atom. The molecule has 1 aliphatic rings. The van der Waals surface area contributed by atoms with Crippen molar-refractivity contribution in [2.24, 2.45) is 0 Å². The van der Waals surface area contributed by atoms with Gasteiger partial charge in [-0.15, -0.1) is 0 Å². The first-order chi connectivity index (χ1) is 13.2. The van der Waals surface area contributed by atoms with E-state index in [0.29, 0.717) is 0 Å². The van der Waals surface area contributed by atoms with Gasteiger partial charge in [0.2, 0.25) is 0 Å². The summed E-state index contributed by atoms with van der Waals surface area (Å²) in [5.41, 5.74) is 3.42. The first-order valence-corrected chi connectivity index (χ1v) is 9.45. The molecule has 0 radical (unpaired) electrons. The molecule has 4 rings (SSSR count). The van der Waals surface area contributed by atoms with Crippen LogP contribution in [-0.4, -0.2) is 30.1 Å². The average Bonchev–Trinajstić information content (AvgIpc) is 3.23. The molecule has 0 aliphatic carbocycles. The maximum atomic E-state index is 4.59. The van der Waals surface area contributed by atoms with Gasteiger partial charge in [-0.3, -0.25) is 0 Å². The predicted octanol–water partition coefficient (Wildman–Crippen LogP) is 4.90. The van der Waals surface area contributed by atoms with Gasteiger partial charge in [0, 0.05) is 43.3 Å². The zero-order valence-electron chi connectivity index (χ0n) is 15.9. The SMILES string of the molecule is Cc1nc(Nc2ccc(N3CCCC3)cc2)cc(N(C)c2ccccc2)n1. The summed E-state index contributed by atoms with van der Waals surface area (Å²) in [5, 5.41) is 3.41. The summed E-state index contributed by atoms with van der Waals surface area (Å²) in [6.45, 7) is 4.24. The maximum absolute atomic E-state index is 4.59. The lowest BCUT2D eigenvalue weighted by molar-refractivity contribution is 0.949. The summed E-state index contributed by atoms with van der Waals surface area (Å²) in [7, 11) is 2.02. The third-order valence-corrected chi connectivity index (χ3v) is 4.92. The zero-order valence-corrected chi connectivity index (χ0v) is 15.9. The van der Waals surface area contributed by atoms with E-state index in [1.807, 2.05) is 38.2 Å². The van der Waals surface area contributed by atoms with Gasteiger partial charge < -0.3 is 15.1 Å². The van der Waals surface area contributed by atoms with Crippen LogP contribution in [0.3, 0.4) is 0 Å². The van der Waals surface area contributed by atoms with Gasteiger partial charge in [-0.2, -0.15) is 0 Å². The molecule has 0 bridgehead atoms. The quantitative estimate of drug-likeness (QED) is 0.702. The van der Waals surface area contributed by atoms with E-state index in [0.717, 1.165) is 41.9 Å². The average molecular weight is 359 g/mol. The fourth-order valence-electron chi connectivity index (χ4n) is 3.45. The van der Waals surface area contributed by atoms with Gasteiger partial charge in [-0.1, -0.05) is 18.2 Å². The molecule has 3 aromatic rings. The van der Waals surface area contributed by atoms with Crippen LogP contribution in [0.4, 0.5) is 28.7 Å². The fraction of sp³-hybridized carbons (Fsp3) is 0.273. The number of hydrogen-bond donors (Lipinski definition) is 1. The van der Waals surface area contributed by atoms with Crippen molar-refractivity contribution in [3.63, 3.8) is 0 Å². The van der Waals surface area contributed by atoms with E-state index in [2.05, 4.69) is 61.5 Å². The highest BCUT2D eigenvalue weighted by Crippen LogP contribution is 2.26. The minimum absolute atomic E-state index is 0.742. The summed E-state index contributed by atoms with van der Waals surface area (Å²) in [4.78, 5) is 13.6. The number of rotatable bonds is 5. The Morgan fingerprint density at radius 1 is 0.926 bits per heavy atom. The lowest BCUT2D eigenvalue weighted by atomic mass is 10.2. The van der Waals surface area contributed by atoms with E-state index in [-0.39, 0.29) is 0 Å². The highest BCUT2D eigenvalue weighted by molar-refractivity contribution is 5.66. The van der Waals surface area contributed by atoms with E-state index < -0.39 is 0 Å². The number of nitrogens with zero attached hydrogens (tertiary/aromatic N) is 4. The van der Waals surface area contributed by atoms with E-state index in [4.69, 9.17) is 0 Å². The Hall–Kier alpha value is -3.08. The Bertz CT molecular complexity index is 886. The van der Waals surface area contributed by atoms with Crippen molar-refractivity contribution in [1.82, 2.24) is 9.97 Å². The zero-order chi connectivity index (χ0) is 18.6. The van der Waals surface area contributed by atoms with Crippen LogP contribution in [0, 0.1) is 6.92 Å². The van der Waals surface area contributed by atoms with Crippen molar-refractivity contribution in [2.45, 2.75) is 19.8 Å². The Morgan fingerprint density at radius 2 is 1.63 bits per heavy atom. The lowest BCUT2D eigenvalue weighted by Crippen LogP contribution is -2.17. The minimum Gasteiger partial charge on any atom is -0.372 e. The molecule has 27 heavy (non-hydrogen) atoms. The molecule has 1 N–H and O–H groups in total. The van der Waals surface area contributed by atoms with Crippen molar-refractivity contribution < 1.29 is 0 Å². The summed E-state index contributed by atoms with van der Waals surface area (Å²) >= 11 is 0. The third kappa shape index (κ3) is 4.03. The molecule has 2 heterocycles. The fourth-order valence-corrected chi connectivity index (χ4v) is 3.45. The van der Waals surface area contributed by atoms with Crippen molar-refractivity contribution >= 4 is 28.7 Å². The molecule has 2 aromatic carbocycles. The first kappa shape index (κ1) is 17.3. The van der Waals surface area contributed by atoms with Crippen molar-refractivity contribution in [1.29, 1.82) is 0 Å². The molecular formula is C22H25N5. The van der Waals surface area contributed by atoms with E-state index in [1.54, 1.807) is 0 Å². The molecule has 1 aliphatic heterocycles. The summed E-state index contributed by atoms with van der Waals surface area (Å²) < 4.78 is 0. The number of anilines is 5. The molecule has 1 aromatic heterocycles. The standard InChI is InChI=1S/C22H25N5/c1-17-23-21(16-22(24-17)26(2)19-8-4-3-5-9-19)25-18-10-12-20(13-11-18)27-14-6-7-15-27/h3-5,8-13,16H,6-7,14-15H2,1-2H3,(H,23,24,25). The second-order valence-corrected chi connectivity index (χ2v) is 6.92. The van der Waals surface area contributed by atoms with Crippen molar-refractivity contribution in [2.75, 3.05) is 35.3 Å². The van der Waals surface area contributed by atoms with Crippen LogP contribution in [0.5, 0.6) is 0 Å². The van der Waals surface area contributed by atoms with E-state index in [9.17, 15) is 0 Å². The monoisotopic (exact) mass is 359 g/mol. The molecule has 5 heteroatoms.